The fourth-order valence-corrected chi connectivity index (χ4v) is 2.93. The van der Waals surface area contributed by atoms with Gasteiger partial charge in [-0.25, -0.2) is 0 Å². The molecule has 6 nitrogen and oxygen atoms in total. The minimum atomic E-state index is -0.0833. The van der Waals surface area contributed by atoms with E-state index in [0.717, 1.165) is 12.0 Å². The summed E-state index contributed by atoms with van der Waals surface area (Å²) in [6.07, 6.45) is 1.34. The molecule has 0 unspecified atom stereocenters. The zero-order valence-corrected chi connectivity index (χ0v) is 17.4. The zero-order chi connectivity index (χ0) is 20.6. The number of aryl methyl sites for hydroxylation is 1. The number of hydrogen-bond donors (Lipinski definition) is 0. The quantitative estimate of drug-likeness (QED) is 0.514. The number of hydrogen-bond acceptors (Lipinski definition) is 5. The van der Waals surface area contributed by atoms with E-state index >= 15 is 0 Å². The van der Waals surface area contributed by atoms with Gasteiger partial charge in [-0.2, -0.15) is 4.98 Å². The molecule has 1 heterocycles. The lowest BCUT2D eigenvalue weighted by Gasteiger charge is -2.21. The number of rotatable bonds is 9. The highest BCUT2D eigenvalue weighted by Crippen LogP contribution is 2.17. The first kappa shape index (κ1) is 20.9. The molecule has 0 bridgehead atoms. The van der Waals surface area contributed by atoms with Crippen LogP contribution in [0.25, 0.3) is 11.4 Å². The molecule has 0 radical (unpaired) electrons. The monoisotopic (exact) mass is 413 g/mol. The summed E-state index contributed by atoms with van der Waals surface area (Å²) < 4.78 is 10.9. The van der Waals surface area contributed by atoms with E-state index in [-0.39, 0.29) is 12.5 Å². The van der Waals surface area contributed by atoms with Gasteiger partial charge in [0.25, 0.3) is 5.91 Å². The molecule has 0 atom stereocenters. The van der Waals surface area contributed by atoms with Crippen molar-refractivity contribution in [3.8, 4) is 17.1 Å². The summed E-state index contributed by atoms with van der Waals surface area (Å²) in [6.45, 7) is 5.16. The van der Waals surface area contributed by atoms with Crippen LogP contribution in [0, 0.1) is 6.92 Å². The lowest BCUT2D eigenvalue weighted by molar-refractivity contribution is -0.133. The molecule has 0 saturated carbocycles. The van der Waals surface area contributed by atoms with Crippen molar-refractivity contribution in [2.24, 2.45) is 0 Å². The van der Waals surface area contributed by atoms with E-state index in [4.69, 9.17) is 20.9 Å². The van der Waals surface area contributed by atoms with Crippen LogP contribution < -0.4 is 4.74 Å². The third-order valence-corrected chi connectivity index (χ3v) is 4.65. The number of halogens is 1. The Balaban J connectivity index is 1.55. The van der Waals surface area contributed by atoms with Crippen molar-refractivity contribution in [1.82, 2.24) is 15.0 Å². The Morgan fingerprint density at radius 2 is 1.83 bits per heavy atom. The first-order valence-electron chi connectivity index (χ1n) is 9.61. The van der Waals surface area contributed by atoms with E-state index in [1.165, 1.54) is 5.56 Å². The zero-order valence-electron chi connectivity index (χ0n) is 16.6. The molecule has 0 fully saturated rings. The first-order valence-corrected chi connectivity index (χ1v) is 9.98. The van der Waals surface area contributed by atoms with Crippen LogP contribution in [0.5, 0.6) is 5.75 Å². The molecule has 0 aliphatic carbocycles. The van der Waals surface area contributed by atoms with Crippen LogP contribution in [0.15, 0.2) is 53.1 Å². The Bertz CT molecular complexity index is 923. The molecular formula is C22H24ClN3O3. The highest BCUT2D eigenvalue weighted by Gasteiger charge is 2.16. The standard InChI is InChI=1S/C22H24ClN3O3/c1-3-13-26(21(27)15-28-19-10-8-18(23)9-11-19)14-12-20-24-22(25-29-20)17-6-4-16(2)5-7-17/h4-11H,3,12-15H2,1-2H3. The van der Waals surface area contributed by atoms with E-state index in [1.54, 1.807) is 29.2 Å². The summed E-state index contributed by atoms with van der Waals surface area (Å²) >= 11 is 5.86. The van der Waals surface area contributed by atoms with Crippen molar-refractivity contribution in [2.45, 2.75) is 26.7 Å². The lowest BCUT2D eigenvalue weighted by atomic mass is 10.1. The summed E-state index contributed by atoms with van der Waals surface area (Å²) in [5.74, 6) is 1.59. The maximum absolute atomic E-state index is 12.6. The lowest BCUT2D eigenvalue weighted by Crippen LogP contribution is -2.37. The Labute approximate surface area is 175 Å². The maximum Gasteiger partial charge on any atom is 0.260 e. The fourth-order valence-electron chi connectivity index (χ4n) is 2.81. The van der Waals surface area contributed by atoms with Crippen LogP contribution in [0.1, 0.15) is 24.8 Å². The summed E-state index contributed by atoms with van der Waals surface area (Å²) in [4.78, 5) is 18.8. The predicted molar refractivity (Wildman–Crippen MR) is 112 cm³/mol. The van der Waals surface area contributed by atoms with E-state index < -0.39 is 0 Å². The fraction of sp³-hybridized carbons (Fsp3) is 0.318. The van der Waals surface area contributed by atoms with Gasteiger partial charge in [0, 0.05) is 30.1 Å². The van der Waals surface area contributed by atoms with Crippen LogP contribution >= 0.6 is 11.6 Å². The molecule has 0 spiro atoms. The van der Waals surface area contributed by atoms with Gasteiger partial charge in [-0.3, -0.25) is 4.79 Å². The molecule has 152 valence electrons. The summed E-state index contributed by atoms with van der Waals surface area (Å²) in [5.41, 5.74) is 2.08. The van der Waals surface area contributed by atoms with E-state index in [1.807, 2.05) is 38.1 Å². The minimum Gasteiger partial charge on any atom is -0.484 e. The van der Waals surface area contributed by atoms with Crippen LogP contribution in [0.4, 0.5) is 0 Å². The Morgan fingerprint density at radius 1 is 1.10 bits per heavy atom. The average molecular weight is 414 g/mol. The van der Waals surface area contributed by atoms with Gasteiger partial charge >= 0.3 is 0 Å². The van der Waals surface area contributed by atoms with Gasteiger partial charge in [0.15, 0.2) is 6.61 Å². The Morgan fingerprint density at radius 3 is 2.52 bits per heavy atom. The normalized spacial score (nSPS) is 10.7. The molecule has 0 aliphatic heterocycles. The van der Waals surface area contributed by atoms with Crippen LogP contribution in [0.2, 0.25) is 5.02 Å². The van der Waals surface area contributed by atoms with Crippen molar-refractivity contribution in [3.05, 3.63) is 65.0 Å². The largest absolute Gasteiger partial charge is 0.484 e. The van der Waals surface area contributed by atoms with Gasteiger partial charge in [-0.05, 0) is 37.6 Å². The van der Waals surface area contributed by atoms with Crippen molar-refractivity contribution in [3.63, 3.8) is 0 Å². The number of benzene rings is 2. The Kier molecular flexibility index (Phi) is 7.25. The van der Waals surface area contributed by atoms with Gasteiger partial charge in [0.1, 0.15) is 5.75 Å². The van der Waals surface area contributed by atoms with Crippen molar-refractivity contribution in [2.75, 3.05) is 19.7 Å². The summed E-state index contributed by atoms with van der Waals surface area (Å²) in [6, 6.07) is 14.9. The molecule has 0 aliphatic rings. The molecule has 1 aromatic heterocycles. The molecule has 7 heteroatoms. The number of aromatic nitrogens is 2. The highest BCUT2D eigenvalue weighted by molar-refractivity contribution is 6.30. The average Bonchev–Trinajstić information content (AvgIpc) is 3.20. The van der Waals surface area contributed by atoms with E-state index in [0.29, 0.717) is 42.0 Å². The minimum absolute atomic E-state index is 0.0277. The van der Waals surface area contributed by atoms with Crippen molar-refractivity contribution >= 4 is 17.5 Å². The molecule has 3 rings (SSSR count). The first-order chi connectivity index (χ1) is 14.0. The molecule has 3 aromatic rings. The molecule has 2 aromatic carbocycles. The van der Waals surface area contributed by atoms with Gasteiger partial charge in [-0.15, -0.1) is 0 Å². The van der Waals surface area contributed by atoms with Crippen LogP contribution in [-0.2, 0) is 11.2 Å². The van der Waals surface area contributed by atoms with E-state index in [9.17, 15) is 4.79 Å². The molecule has 0 N–H and O–H groups in total. The van der Waals surface area contributed by atoms with Gasteiger partial charge in [0.05, 0.1) is 0 Å². The summed E-state index contributed by atoms with van der Waals surface area (Å²) in [5, 5.41) is 4.67. The third-order valence-electron chi connectivity index (χ3n) is 4.40. The SMILES string of the molecule is CCCN(CCc1nc(-c2ccc(C)cc2)no1)C(=O)COc1ccc(Cl)cc1. The van der Waals surface area contributed by atoms with Gasteiger partial charge in [0.2, 0.25) is 11.7 Å². The van der Waals surface area contributed by atoms with Gasteiger partial charge < -0.3 is 14.2 Å². The number of ether oxygens (including phenoxy) is 1. The molecule has 1 amide bonds. The number of amides is 1. The van der Waals surface area contributed by atoms with Crippen LogP contribution in [-0.4, -0.2) is 40.6 Å². The second kappa shape index (κ2) is 10.1. The number of carbonyl (C=O) groups excluding carboxylic acids is 1. The smallest absolute Gasteiger partial charge is 0.260 e. The predicted octanol–water partition coefficient (Wildman–Crippen LogP) is 4.56. The number of nitrogens with zero attached hydrogens (tertiary/aromatic N) is 3. The van der Waals surface area contributed by atoms with E-state index in [2.05, 4.69) is 10.1 Å². The van der Waals surface area contributed by atoms with Crippen molar-refractivity contribution < 1.29 is 14.1 Å². The van der Waals surface area contributed by atoms with Gasteiger partial charge in [-0.1, -0.05) is 53.5 Å². The molecule has 0 saturated heterocycles. The third kappa shape index (κ3) is 6.06. The maximum atomic E-state index is 12.6. The van der Waals surface area contributed by atoms with Crippen molar-refractivity contribution in [1.29, 1.82) is 0 Å². The number of carbonyl (C=O) groups is 1. The molecule has 29 heavy (non-hydrogen) atoms. The highest BCUT2D eigenvalue weighted by atomic mass is 35.5. The second-order valence-electron chi connectivity index (χ2n) is 6.75. The molecular weight excluding hydrogens is 390 g/mol. The second-order valence-corrected chi connectivity index (χ2v) is 7.19. The summed E-state index contributed by atoms with van der Waals surface area (Å²) in [7, 11) is 0. The van der Waals surface area contributed by atoms with Crippen LogP contribution in [0.3, 0.4) is 0 Å². The topological polar surface area (TPSA) is 68.5 Å². The Hall–Kier alpha value is -2.86.